The number of hydrogen-bond donors (Lipinski definition) is 1. The van der Waals surface area contributed by atoms with Gasteiger partial charge in [-0.05, 0) is 18.2 Å². The molecule has 0 aliphatic carbocycles. The third-order valence-corrected chi connectivity index (χ3v) is 3.52. The number of nitro groups is 1. The first-order valence-electron chi connectivity index (χ1n) is 6.12. The first-order valence-corrected chi connectivity index (χ1v) is 6.50. The fraction of sp³-hybridized carbons (Fsp3) is 0. The van der Waals surface area contributed by atoms with Crippen molar-refractivity contribution in [1.29, 1.82) is 0 Å². The Morgan fingerprint density at radius 1 is 1.10 bits per heavy atom. The molecule has 6 heteroatoms. The van der Waals surface area contributed by atoms with Gasteiger partial charge in [-0.15, -0.1) is 0 Å². The number of halogens is 1. The minimum atomic E-state index is -0.501. The van der Waals surface area contributed by atoms with Gasteiger partial charge in [-0.1, -0.05) is 23.7 Å². The average Bonchev–Trinajstić information content (AvgIpc) is 2.47. The number of rotatable bonds is 2. The van der Waals surface area contributed by atoms with Crippen molar-refractivity contribution < 1.29 is 4.92 Å². The molecule has 0 unspecified atom stereocenters. The highest BCUT2D eigenvalue weighted by atomic mass is 35.5. The van der Waals surface area contributed by atoms with E-state index in [0.717, 1.165) is 0 Å². The number of aromatic amines is 1. The van der Waals surface area contributed by atoms with Crippen LogP contribution in [0.2, 0.25) is 5.02 Å². The van der Waals surface area contributed by atoms with Crippen LogP contribution in [0.25, 0.3) is 22.2 Å². The molecule has 3 rings (SSSR count). The number of non-ortho nitro benzene ring substituents is 1. The highest BCUT2D eigenvalue weighted by Gasteiger charge is 2.13. The fourth-order valence-electron chi connectivity index (χ4n) is 2.18. The molecule has 0 radical (unpaired) electrons. The molecular formula is C15H9ClN2O3. The number of H-pyrrole nitrogens is 1. The second kappa shape index (κ2) is 5.03. The van der Waals surface area contributed by atoms with Crippen LogP contribution in [-0.2, 0) is 0 Å². The van der Waals surface area contributed by atoms with Gasteiger partial charge in [0.15, 0.2) is 5.43 Å². The number of nitro benzene ring substituents is 1. The zero-order valence-electron chi connectivity index (χ0n) is 10.7. The van der Waals surface area contributed by atoms with E-state index in [4.69, 9.17) is 11.6 Å². The summed E-state index contributed by atoms with van der Waals surface area (Å²) in [6, 6.07) is 12.6. The summed E-state index contributed by atoms with van der Waals surface area (Å²) in [7, 11) is 0. The Hall–Kier alpha value is -2.66. The molecule has 0 atom stereocenters. The molecule has 0 bridgehead atoms. The van der Waals surface area contributed by atoms with Crippen LogP contribution in [-0.4, -0.2) is 9.91 Å². The molecule has 0 aliphatic heterocycles. The van der Waals surface area contributed by atoms with Crippen LogP contribution < -0.4 is 5.43 Å². The van der Waals surface area contributed by atoms with E-state index in [0.29, 0.717) is 27.2 Å². The molecule has 3 aromatic rings. The smallest absolute Gasteiger partial charge is 0.270 e. The average molecular weight is 301 g/mol. The number of benzene rings is 2. The molecule has 1 aromatic heterocycles. The molecule has 0 fully saturated rings. The van der Waals surface area contributed by atoms with E-state index >= 15 is 0 Å². The monoisotopic (exact) mass is 300 g/mol. The number of para-hydroxylation sites is 1. The second-order valence-electron chi connectivity index (χ2n) is 4.51. The molecule has 0 saturated carbocycles. The number of hydrogen-bond acceptors (Lipinski definition) is 3. The van der Waals surface area contributed by atoms with Gasteiger partial charge in [-0.3, -0.25) is 14.9 Å². The number of pyridine rings is 1. The quantitative estimate of drug-likeness (QED) is 0.578. The summed E-state index contributed by atoms with van der Waals surface area (Å²) >= 11 is 6.09. The molecule has 104 valence electrons. The molecule has 0 saturated heterocycles. The van der Waals surface area contributed by atoms with Gasteiger partial charge >= 0.3 is 0 Å². The van der Waals surface area contributed by atoms with E-state index in [1.165, 1.54) is 24.3 Å². The third-order valence-electron chi connectivity index (χ3n) is 3.19. The van der Waals surface area contributed by atoms with Gasteiger partial charge in [0.2, 0.25) is 0 Å². The minimum Gasteiger partial charge on any atom is -0.354 e. The molecule has 5 nitrogen and oxygen atoms in total. The summed E-state index contributed by atoms with van der Waals surface area (Å²) in [6.45, 7) is 0. The van der Waals surface area contributed by atoms with Gasteiger partial charge in [0, 0.05) is 34.7 Å². The van der Waals surface area contributed by atoms with Crippen molar-refractivity contribution in [2.24, 2.45) is 0 Å². The molecule has 1 heterocycles. The van der Waals surface area contributed by atoms with Crippen LogP contribution in [0.15, 0.2) is 53.3 Å². The van der Waals surface area contributed by atoms with Crippen molar-refractivity contribution in [2.75, 3.05) is 0 Å². The van der Waals surface area contributed by atoms with Crippen molar-refractivity contribution in [3.63, 3.8) is 0 Å². The van der Waals surface area contributed by atoms with Crippen molar-refractivity contribution in [3.05, 3.63) is 73.9 Å². The van der Waals surface area contributed by atoms with Gasteiger partial charge in [0.05, 0.1) is 15.6 Å². The zero-order valence-corrected chi connectivity index (χ0v) is 11.4. The summed E-state index contributed by atoms with van der Waals surface area (Å²) in [5, 5.41) is 11.8. The van der Waals surface area contributed by atoms with E-state index in [2.05, 4.69) is 4.98 Å². The molecule has 0 spiro atoms. The number of fused-ring (bicyclic) bond motifs is 1. The third kappa shape index (κ3) is 2.39. The summed E-state index contributed by atoms with van der Waals surface area (Å²) in [4.78, 5) is 25.6. The Bertz CT molecular complexity index is 918. The summed E-state index contributed by atoms with van der Waals surface area (Å²) in [5.74, 6) is 0. The molecule has 0 amide bonds. The lowest BCUT2D eigenvalue weighted by atomic mass is 10.1. The Kier molecular flexibility index (Phi) is 3.19. The zero-order chi connectivity index (χ0) is 15.0. The molecule has 2 aromatic carbocycles. The fourth-order valence-corrected chi connectivity index (χ4v) is 2.39. The van der Waals surface area contributed by atoms with Gasteiger partial charge in [0.25, 0.3) is 5.69 Å². The van der Waals surface area contributed by atoms with Crippen LogP contribution in [0.1, 0.15) is 0 Å². The molecule has 21 heavy (non-hydrogen) atoms. The number of aromatic nitrogens is 1. The van der Waals surface area contributed by atoms with Crippen LogP contribution in [0.3, 0.4) is 0 Å². The van der Waals surface area contributed by atoms with Crippen LogP contribution in [0, 0.1) is 10.1 Å². The first kappa shape index (κ1) is 13.3. The standard InChI is InChI=1S/C15H9ClN2O3/c16-12-6-5-9(18(20)21)7-11(12)14-8-15(19)10-3-1-2-4-13(10)17-14/h1-8H,(H,17,19). The number of nitrogens with zero attached hydrogens (tertiary/aromatic N) is 1. The number of nitrogens with one attached hydrogen (secondary N) is 1. The lowest BCUT2D eigenvalue weighted by Gasteiger charge is -2.06. The second-order valence-corrected chi connectivity index (χ2v) is 4.92. The van der Waals surface area contributed by atoms with Crippen LogP contribution >= 0.6 is 11.6 Å². The minimum absolute atomic E-state index is 0.0802. The van der Waals surface area contributed by atoms with Gasteiger partial charge in [-0.2, -0.15) is 0 Å². The van der Waals surface area contributed by atoms with Gasteiger partial charge in [-0.25, -0.2) is 0 Å². The lowest BCUT2D eigenvalue weighted by Crippen LogP contribution is -2.03. The predicted octanol–water partition coefficient (Wildman–Crippen LogP) is 3.76. The normalized spacial score (nSPS) is 10.7. The molecule has 0 aliphatic rings. The van der Waals surface area contributed by atoms with Crippen molar-refractivity contribution in [2.45, 2.75) is 0 Å². The first-order chi connectivity index (χ1) is 10.1. The largest absolute Gasteiger partial charge is 0.354 e. The van der Waals surface area contributed by atoms with Crippen LogP contribution in [0.4, 0.5) is 5.69 Å². The maximum atomic E-state index is 12.1. The van der Waals surface area contributed by atoms with E-state index in [9.17, 15) is 14.9 Å². The summed E-state index contributed by atoms with van der Waals surface area (Å²) in [6.07, 6.45) is 0. The summed E-state index contributed by atoms with van der Waals surface area (Å²) in [5.41, 5.74) is 1.29. The molecular weight excluding hydrogens is 292 g/mol. The SMILES string of the molecule is O=c1cc(-c2cc([N+](=O)[O-])ccc2Cl)[nH]c2ccccc12. The van der Waals surface area contributed by atoms with Crippen molar-refractivity contribution in [1.82, 2.24) is 4.98 Å². The van der Waals surface area contributed by atoms with E-state index in [1.54, 1.807) is 24.3 Å². The highest BCUT2D eigenvalue weighted by molar-refractivity contribution is 6.33. The maximum Gasteiger partial charge on any atom is 0.270 e. The Labute approximate surface area is 124 Å². The lowest BCUT2D eigenvalue weighted by molar-refractivity contribution is -0.384. The summed E-state index contributed by atoms with van der Waals surface area (Å²) < 4.78 is 0. The highest BCUT2D eigenvalue weighted by Crippen LogP contribution is 2.30. The van der Waals surface area contributed by atoms with Crippen molar-refractivity contribution >= 4 is 28.2 Å². The van der Waals surface area contributed by atoms with Gasteiger partial charge in [0.1, 0.15) is 0 Å². The van der Waals surface area contributed by atoms with E-state index in [-0.39, 0.29) is 11.1 Å². The van der Waals surface area contributed by atoms with Gasteiger partial charge < -0.3 is 4.98 Å². The Morgan fingerprint density at radius 3 is 2.62 bits per heavy atom. The predicted molar refractivity (Wildman–Crippen MR) is 81.7 cm³/mol. The Morgan fingerprint density at radius 2 is 1.86 bits per heavy atom. The van der Waals surface area contributed by atoms with E-state index < -0.39 is 4.92 Å². The maximum absolute atomic E-state index is 12.1. The molecule has 1 N–H and O–H groups in total. The van der Waals surface area contributed by atoms with Crippen LogP contribution in [0.5, 0.6) is 0 Å². The van der Waals surface area contributed by atoms with E-state index in [1.807, 2.05) is 0 Å². The van der Waals surface area contributed by atoms with Crippen molar-refractivity contribution in [3.8, 4) is 11.3 Å². The topological polar surface area (TPSA) is 76.0 Å². The Balaban J connectivity index is 2.28.